The normalized spacial score (nSPS) is 10.9. The van der Waals surface area contributed by atoms with E-state index in [0.717, 1.165) is 0 Å². The summed E-state index contributed by atoms with van der Waals surface area (Å²) in [5, 5.41) is 3.41. The molecule has 2 heterocycles. The molecule has 2 heteroatoms. The van der Waals surface area contributed by atoms with Gasteiger partial charge in [-0.3, -0.25) is 0 Å². The fourth-order valence-corrected chi connectivity index (χ4v) is 2.40. The Labute approximate surface area is 86.0 Å². The van der Waals surface area contributed by atoms with E-state index in [4.69, 9.17) is 0 Å². The highest BCUT2D eigenvalue weighted by molar-refractivity contribution is 7.16. The van der Waals surface area contributed by atoms with Gasteiger partial charge in [-0.25, -0.2) is 0 Å². The molecule has 0 spiro atoms. The third kappa shape index (κ3) is 1.16. The number of hydrogen-bond acceptors (Lipinski definition) is 1. The molecule has 0 aliphatic heterocycles. The van der Waals surface area contributed by atoms with Crippen LogP contribution < -0.4 is 0 Å². The van der Waals surface area contributed by atoms with Crippen molar-refractivity contribution in [3.05, 3.63) is 47.8 Å². The molecule has 3 rings (SSSR count). The van der Waals surface area contributed by atoms with Crippen LogP contribution in [0.4, 0.5) is 0 Å². The number of nitrogens with one attached hydrogen (secondary N) is 1. The van der Waals surface area contributed by atoms with E-state index >= 15 is 0 Å². The average Bonchev–Trinajstić information content (AvgIpc) is 2.78. The second kappa shape index (κ2) is 3.00. The summed E-state index contributed by atoms with van der Waals surface area (Å²) in [5.41, 5.74) is 2.45. The molecule has 3 aromatic rings. The standard InChI is InChI=1S/C12H9NS/c1-2-4-9(5-3-1)11-8-10-6-7-14-12(10)13-11/h1-8,13H. The molecule has 0 amide bonds. The summed E-state index contributed by atoms with van der Waals surface area (Å²) in [6.07, 6.45) is 0. The summed E-state index contributed by atoms with van der Waals surface area (Å²) in [4.78, 5) is 4.66. The third-order valence-electron chi connectivity index (χ3n) is 2.33. The van der Waals surface area contributed by atoms with Gasteiger partial charge in [-0.2, -0.15) is 0 Å². The van der Waals surface area contributed by atoms with Crippen molar-refractivity contribution in [2.24, 2.45) is 0 Å². The monoisotopic (exact) mass is 199 g/mol. The molecule has 0 bridgehead atoms. The van der Waals surface area contributed by atoms with E-state index in [1.54, 1.807) is 11.3 Å². The first-order valence-electron chi connectivity index (χ1n) is 4.55. The summed E-state index contributed by atoms with van der Waals surface area (Å²) in [7, 11) is 0. The van der Waals surface area contributed by atoms with Crippen LogP contribution in [0.15, 0.2) is 47.8 Å². The number of benzene rings is 1. The maximum absolute atomic E-state index is 3.41. The van der Waals surface area contributed by atoms with Crippen molar-refractivity contribution in [2.45, 2.75) is 0 Å². The van der Waals surface area contributed by atoms with Gasteiger partial charge in [0.2, 0.25) is 0 Å². The Morgan fingerprint density at radius 1 is 1.00 bits per heavy atom. The zero-order chi connectivity index (χ0) is 9.38. The third-order valence-corrected chi connectivity index (χ3v) is 3.17. The Morgan fingerprint density at radius 3 is 2.64 bits per heavy atom. The van der Waals surface area contributed by atoms with Gasteiger partial charge in [0.15, 0.2) is 0 Å². The van der Waals surface area contributed by atoms with Gasteiger partial charge < -0.3 is 4.98 Å². The molecule has 0 saturated carbocycles. The minimum Gasteiger partial charge on any atom is -0.346 e. The zero-order valence-corrected chi connectivity index (χ0v) is 8.34. The predicted molar refractivity (Wildman–Crippen MR) is 61.6 cm³/mol. The highest BCUT2D eigenvalue weighted by Crippen LogP contribution is 2.26. The van der Waals surface area contributed by atoms with Gasteiger partial charge in [-0.1, -0.05) is 30.3 Å². The van der Waals surface area contributed by atoms with E-state index in [0.29, 0.717) is 0 Å². The quantitative estimate of drug-likeness (QED) is 0.612. The lowest BCUT2D eigenvalue weighted by atomic mass is 10.1. The zero-order valence-electron chi connectivity index (χ0n) is 7.53. The maximum atomic E-state index is 3.41. The molecule has 14 heavy (non-hydrogen) atoms. The predicted octanol–water partition coefficient (Wildman–Crippen LogP) is 3.90. The van der Waals surface area contributed by atoms with E-state index in [1.165, 1.54) is 21.5 Å². The van der Waals surface area contributed by atoms with Gasteiger partial charge in [0, 0.05) is 11.1 Å². The lowest BCUT2D eigenvalue weighted by Crippen LogP contribution is -1.73. The number of rotatable bonds is 1. The van der Waals surface area contributed by atoms with Crippen molar-refractivity contribution in [3.63, 3.8) is 0 Å². The molecule has 0 saturated heterocycles. The van der Waals surface area contributed by atoms with Crippen molar-refractivity contribution in [1.29, 1.82) is 0 Å². The Hall–Kier alpha value is -1.54. The van der Waals surface area contributed by atoms with Gasteiger partial charge in [0.1, 0.15) is 4.83 Å². The molecule has 0 radical (unpaired) electrons. The SMILES string of the molecule is c1ccc(-c2cc3ccsc3[nH]2)cc1. The van der Waals surface area contributed by atoms with E-state index < -0.39 is 0 Å². The second-order valence-corrected chi connectivity index (χ2v) is 4.17. The number of thiophene rings is 1. The van der Waals surface area contributed by atoms with Crippen LogP contribution >= 0.6 is 11.3 Å². The molecule has 0 fully saturated rings. The van der Waals surface area contributed by atoms with Crippen molar-refractivity contribution in [3.8, 4) is 11.3 Å². The van der Waals surface area contributed by atoms with Crippen molar-refractivity contribution >= 4 is 21.6 Å². The number of fused-ring (bicyclic) bond motifs is 1. The fourth-order valence-electron chi connectivity index (χ4n) is 1.62. The molecule has 68 valence electrons. The van der Waals surface area contributed by atoms with Crippen LogP contribution in [0.25, 0.3) is 21.5 Å². The number of aromatic amines is 1. The van der Waals surface area contributed by atoms with Crippen LogP contribution in [0.3, 0.4) is 0 Å². The van der Waals surface area contributed by atoms with Gasteiger partial charge in [-0.05, 0) is 23.1 Å². The van der Waals surface area contributed by atoms with E-state index in [1.807, 2.05) is 6.07 Å². The highest BCUT2D eigenvalue weighted by Gasteiger charge is 2.02. The topological polar surface area (TPSA) is 15.8 Å². The molecule has 1 aromatic carbocycles. The maximum Gasteiger partial charge on any atom is 0.100 e. The Balaban J connectivity index is 2.19. The van der Waals surface area contributed by atoms with Crippen LogP contribution in [-0.4, -0.2) is 4.98 Å². The van der Waals surface area contributed by atoms with Crippen molar-refractivity contribution < 1.29 is 0 Å². The summed E-state index contributed by atoms with van der Waals surface area (Å²) >= 11 is 1.75. The summed E-state index contributed by atoms with van der Waals surface area (Å²) in [5.74, 6) is 0. The smallest absolute Gasteiger partial charge is 0.100 e. The average molecular weight is 199 g/mol. The lowest BCUT2D eigenvalue weighted by Gasteiger charge is -1.94. The van der Waals surface area contributed by atoms with Crippen LogP contribution in [-0.2, 0) is 0 Å². The summed E-state index contributed by atoms with van der Waals surface area (Å²) in [6.45, 7) is 0. The molecule has 0 unspecified atom stereocenters. The van der Waals surface area contributed by atoms with Crippen LogP contribution in [0, 0.1) is 0 Å². The van der Waals surface area contributed by atoms with Crippen LogP contribution in [0.5, 0.6) is 0 Å². The molecule has 1 N–H and O–H groups in total. The molecule has 2 aromatic heterocycles. The molecular weight excluding hydrogens is 190 g/mol. The van der Waals surface area contributed by atoms with Crippen LogP contribution in [0.2, 0.25) is 0 Å². The highest BCUT2D eigenvalue weighted by atomic mass is 32.1. The minimum absolute atomic E-state index is 1.20. The number of aromatic nitrogens is 1. The summed E-state index contributed by atoms with van der Waals surface area (Å²) in [6, 6.07) is 14.7. The second-order valence-electron chi connectivity index (χ2n) is 3.25. The molecular formula is C12H9NS. The Bertz CT molecular complexity index is 519. The molecule has 1 nitrogen and oxygen atoms in total. The minimum atomic E-state index is 1.20. The lowest BCUT2D eigenvalue weighted by molar-refractivity contribution is 1.47. The van der Waals surface area contributed by atoms with Crippen molar-refractivity contribution in [1.82, 2.24) is 4.98 Å². The Kier molecular flexibility index (Phi) is 1.67. The van der Waals surface area contributed by atoms with Gasteiger partial charge in [0.25, 0.3) is 0 Å². The van der Waals surface area contributed by atoms with Gasteiger partial charge in [0.05, 0.1) is 0 Å². The van der Waals surface area contributed by atoms with Crippen LogP contribution in [0.1, 0.15) is 0 Å². The molecule has 0 aliphatic carbocycles. The summed E-state index contributed by atoms with van der Waals surface area (Å²) < 4.78 is 0. The largest absolute Gasteiger partial charge is 0.346 e. The first-order chi connectivity index (χ1) is 6.93. The molecule has 0 aliphatic rings. The van der Waals surface area contributed by atoms with E-state index in [9.17, 15) is 0 Å². The van der Waals surface area contributed by atoms with E-state index in [-0.39, 0.29) is 0 Å². The Morgan fingerprint density at radius 2 is 1.86 bits per heavy atom. The number of H-pyrrole nitrogens is 1. The number of hydrogen-bond donors (Lipinski definition) is 1. The van der Waals surface area contributed by atoms with Gasteiger partial charge >= 0.3 is 0 Å². The molecule has 0 atom stereocenters. The van der Waals surface area contributed by atoms with E-state index in [2.05, 4.69) is 46.8 Å². The fraction of sp³-hybridized carbons (Fsp3) is 0. The first-order valence-corrected chi connectivity index (χ1v) is 5.43. The van der Waals surface area contributed by atoms with Crippen molar-refractivity contribution in [2.75, 3.05) is 0 Å². The first kappa shape index (κ1) is 7.83. The van der Waals surface area contributed by atoms with Gasteiger partial charge in [-0.15, -0.1) is 11.3 Å².